The minimum Gasteiger partial charge on any atom is -0.484 e. The third-order valence-corrected chi connectivity index (χ3v) is 4.24. The van der Waals surface area contributed by atoms with E-state index >= 15 is 0 Å². The molecule has 0 bridgehead atoms. The molecule has 1 aromatic carbocycles. The van der Waals surface area contributed by atoms with Gasteiger partial charge in [-0.1, -0.05) is 26.0 Å². The van der Waals surface area contributed by atoms with Crippen molar-refractivity contribution in [1.82, 2.24) is 4.98 Å². The first-order chi connectivity index (χ1) is 9.10. The van der Waals surface area contributed by atoms with Gasteiger partial charge >= 0.3 is 0 Å². The van der Waals surface area contributed by atoms with Crippen LogP contribution in [0.25, 0.3) is 0 Å². The summed E-state index contributed by atoms with van der Waals surface area (Å²) in [6.45, 7) is 6.37. The summed E-state index contributed by atoms with van der Waals surface area (Å²) in [6.07, 6.45) is -0.0492. The van der Waals surface area contributed by atoms with Crippen LogP contribution in [0.4, 0.5) is 0 Å². The lowest BCUT2D eigenvalue weighted by molar-refractivity contribution is 0.226. The van der Waals surface area contributed by atoms with Gasteiger partial charge in [-0.25, -0.2) is 4.98 Å². The number of hydrogen-bond acceptors (Lipinski definition) is 3. The number of hydrogen-bond donors (Lipinski definition) is 0. The topological polar surface area (TPSA) is 22.1 Å². The van der Waals surface area contributed by atoms with Gasteiger partial charge in [0.05, 0.1) is 11.6 Å². The van der Waals surface area contributed by atoms with E-state index in [4.69, 9.17) is 16.3 Å². The summed E-state index contributed by atoms with van der Waals surface area (Å²) in [5.41, 5.74) is 2.23. The second kappa shape index (κ2) is 6.40. The molecule has 0 spiro atoms. The smallest absolute Gasteiger partial charge is 0.147 e. The molecular weight excluding hydrogens is 278 g/mol. The first-order valence-electron chi connectivity index (χ1n) is 6.37. The molecular formula is C15H18ClNOS. The van der Waals surface area contributed by atoms with E-state index in [9.17, 15) is 0 Å². The van der Waals surface area contributed by atoms with E-state index in [-0.39, 0.29) is 6.10 Å². The predicted octanol–water partition coefficient (Wildman–Crippen LogP) is 5.15. The Hall–Kier alpha value is -1.06. The van der Waals surface area contributed by atoms with Gasteiger partial charge in [-0.3, -0.25) is 0 Å². The zero-order valence-electron chi connectivity index (χ0n) is 11.4. The highest BCUT2D eigenvalue weighted by Gasteiger charge is 2.12. The van der Waals surface area contributed by atoms with Gasteiger partial charge in [0, 0.05) is 5.38 Å². The molecule has 4 heteroatoms. The summed E-state index contributed by atoms with van der Waals surface area (Å²) >= 11 is 7.34. The monoisotopic (exact) mass is 295 g/mol. The minimum atomic E-state index is -0.0492. The summed E-state index contributed by atoms with van der Waals surface area (Å²) in [5, 5.41) is 2.94. The van der Waals surface area contributed by atoms with Crippen molar-refractivity contribution >= 4 is 22.9 Å². The maximum absolute atomic E-state index is 5.90. The molecule has 102 valence electrons. The predicted molar refractivity (Wildman–Crippen MR) is 81.2 cm³/mol. The zero-order chi connectivity index (χ0) is 13.8. The van der Waals surface area contributed by atoms with Gasteiger partial charge in [0.2, 0.25) is 0 Å². The fourth-order valence-electron chi connectivity index (χ4n) is 1.76. The minimum absolute atomic E-state index is 0.0492. The molecule has 0 radical (unpaired) electrons. The summed E-state index contributed by atoms with van der Waals surface area (Å²) in [5.74, 6) is 1.86. The van der Waals surface area contributed by atoms with Crippen molar-refractivity contribution in [1.29, 1.82) is 0 Å². The van der Waals surface area contributed by atoms with Crippen molar-refractivity contribution in [2.45, 2.75) is 38.7 Å². The normalized spacial score (nSPS) is 12.7. The first-order valence-corrected chi connectivity index (χ1v) is 7.78. The van der Waals surface area contributed by atoms with Gasteiger partial charge in [0.15, 0.2) is 0 Å². The molecule has 1 aromatic heterocycles. The second-order valence-electron chi connectivity index (χ2n) is 4.79. The maximum Gasteiger partial charge on any atom is 0.147 e. The number of rotatable bonds is 5. The fourth-order valence-corrected chi connectivity index (χ4v) is 2.79. The quantitative estimate of drug-likeness (QED) is 0.712. The average molecular weight is 296 g/mol. The summed E-state index contributed by atoms with van der Waals surface area (Å²) in [4.78, 5) is 4.43. The first kappa shape index (κ1) is 14.4. The van der Waals surface area contributed by atoms with Crippen molar-refractivity contribution in [3.05, 3.63) is 45.9 Å². The van der Waals surface area contributed by atoms with Gasteiger partial charge < -0.3 is 4.74 Å². The SMILES string of the molecule is CC(C)c1ccc(OC(C)c2nc(CCl)cs2)cc1. The van der Waals surface area contributed by atoms with Crippen molar-refractivity contribution in [2.24, 2.45) is 0 Å². The molecule has 2 aromatic rings. The standard InChI is InChI=1S/C15H18ClNOS/c1-10(2)12-4-6-14(7-5-12)18-11(3)15-17-13(8-16)9-19-15/h4-7,9-11H,8H2,1-3H3. The van der Waals surface area contributed by atoms with Gasteiger partial charge in [-0.2, -0.15) is 0 Å². The number of halogens is 1. The zero-order valence-corrected chi connectivity index (χ0v) is 13.0. The van der Waals surface area contributed by atoms with E-state index in [1.165, 1.54) is 5.56 Å². The van der Waals surface area contributed by atoms with Crippen LogP contribution in [0.15, 0.2) is 29.6 Å². The maximum atomic E-state index is 5.90. The largest absolute Gasteiger partial charge is 0.484 e. The molecule has 0 saturated heterocycles. The second-order valence-corrected chi connectivity index (χ2v) is 5.95. The van der Waals surface area contributed by atoms with Crippen LogP contribution in [-0.2, 0) is 5.88 Å². The summed E-state index contributed by atoms with van der Waals surface area (Å²) < 4.78 is 5.90. The van der Waals surface area contributed by atoms with Gasteiger partial charge in [0.25, 0.3) is 0 Å². The number of aromatic nitrogens is 1. The molecule has 0 aliphatic heterocycles. The number of nitrogens with zero attached hydrogens (tertiary/aromatic N) is 1. The Morgan fingerprint density at radius 1 is 1.21 bits per heavy atom. The van der Waals surface area contributed by atoms with Crippen molar-refractivity contribution in [3.63, 3.8) is 0 Å². The lowest BCUT2D eigenvalue weighted by Crippen LogP contribution is -2.03. The van der Waals surface area contributed by atoms with Crippen LogP contribution in [0.2, 0.25) is 0 Å². The van der Waals surface area contributed by atoms with Crippen LogP contribution in [0.3, 0.4) is 0 Å². The Balaban J connectivity index is 2.03. The van der Waals surface area contributed by atoms with E-state index in [1.54, 1.807) is 11.3 Å². The molecule has 0 N–H and O–H groups in total. The van der Waals surface area contributed by atoms with Crippen LogP contribution in [0.1, 0.15) is 49.1 Å². The molecule has 19 heavy (non-hydrogen) atoms. The van der Waals surface area contributed by atoms with Gasteiger partial charge in [-0.15, -0.1) is 22.9 Å². The van der Waals surface area contributed by atoms with E-state index < -0.39 is 0 Å². The van der Waals surface area contributed by atoms with E-state index in [1.807, 2.05) is 24.4 Å². The van der Waals surface area contributed by atoms with Crippen LogP contribution >= 0.6 is 22.9 Å². The molecule has 0 aliphatic carbocycles. The lowest BCUT2D eigenvalue weighted by Gasteiger charge is -2.13. The third-order valence-electron chi connectivity index (χ3n) is 2.91. The van der Waals surface area contributed by atoms with E-state index in [2.05, 4.69) is 31.0 Å². The fraction of sp³-hybridized carbons (Fsp3) is 0.400. The number of thiazole rings is 1. The molecule has 1 unspecified atom stereocenters. The van der Waals surface area contributed by atoms with E-state index in [0.717, 1.165) is 16.5 Å². The van der Waals surface area contributed by atoms with Crippen molar-refractivity contribution in [3.8, 4) is 5.75 Å². The van der Waals surface area contributed by atoms with Gasteiger partial charge in [0.1, 0.15) is 16.9 Å². The molecule has 2 nitrogen and oxygen atoms in total. The average Bonchev–Trinajstić information content (AvgIpc) is 2.88. The van der Waals surface area contributed by atoms with Gasteiger partial charge in [-0.05, 0) is 30.5 Å². The Kier molecular flexibility index (Phi) is 4.83. The van der Waals surface area contributed by atoms with Crippen molar-refractivity contribution in [2.75, 3.05) is 0 Å². The number of alkyl halides is 1. The summed E-state index contributed by atoms with van der Waals surface area (Å²) in [6, 6.07) is 8.25. The molecule has 1 heterocycles. The summed E-state index contributed by atoms with van der Waals surface area (Å²) in [7, 11) is 0. The van der Waals surface area contributed by atoms with E-state index in [0.29, 0.717) is 11.8 Å². The Morgan fingerprint density at radius 2 is 1.89 bits per heavy atom. The third kappa shape index (κ3) is 3.71. The van der Waals surface area contributed by atoms with Crippen LogP contribution in [-0.4, -0.2) is 4.98 Å². The van der Waals surface area contributed by atoms with Crippen LogP contribution in [0.5, 0.6) is 5.75 Å². The highest BCUT2D eigenvalue weighted by Crippen LogP contribution is 2.26. The van der Waals surface area contributed by atoms with Crippen LogP contribution < -0.4 is 4.74 Å². The molecule has 0 fully saturated rings. The molecule has 2 rings (SSSR count). The lowest BCUT2D eigenvalue weighted by atomic mass is 10.0. The van der Waals surface area contributed by atoms with Crippen molar-refractivity contribution < 1.29 is 4.74 Å². The number of benzene rings is 1. The Bertz CT molecular complexity index is 521. The Morgan fingerprint density at radius 3 is 2.42 bits per heavy atom. The molecule has 0 saturated carbocycles. The number of ether oxygens (including phenoxy) is 1. The highest BCUT2D eigenvalue weighted by atomic mass is 35.5. The Labute approximate surface area is 123 Å². The molecule has 0 amide bonds. The highest BCUT2D eigenvalue weighted by molar-refractivity contribution is 7.09. The molecule has 0 aliphatic rings. The van der Waals surface area contributed by atoms with Crippen LogP contribution in [0, 0.1) is 0 Å². The molecule has 1 atom stereocenters.